The van der Waals surface area contributed by atoms with Gasteiger partial charge < -0.3 is 29.4 Å². The predicted molar refractivity (Wildman–Crippen MR) is 101 cm³/mol. The first kappa shape index (κ1) is 19.7. The Morgan fingerprint density at radius 3 is 2.74 bits per heavy atom. The van der Waals surface area contributed by atoms with Crippen LogP contribution in [0.1, 0.15) is 29.9 Å². The van der Waals surface area contributed by atoms with Crippen molar-refractivity contribution < 1.29 is 24.5 Å². The van der Waals surface area contributed by atoms with Gasteiger partial charge in [-0.2, -0.15) is 11.3 Å². The summed E-state index contributed by atoms with van der Waals surface area (Å²) in [6.45, 7) is 2.34. The SMILES string of the molecule is O=C([O-])N1CCC(c2ccc(OCCCOCc3ccsc3)cc2)C(O)C1. The van der Waals surface area contributed by atoms with E-state index in [1.165, 1.54) is 5.56 Å². The van der Waals surface area contributed by atoms with Crippen LogP contribution >= 0.6 is 11.3 Å². The summed E-state index contributed by atoms with van der Waals surface area (Å²) in [5, 5.41) is 25.2. The molecule has 1 fully saturated rings. The third-order valence-corrected chi connectivity index (χ3v) is 5.43. The molecule has 0 bridgehead atoms. The maximum atomic E-state index is 10.9. The number of hydrogen-bond acceptors (Lipinski definition) is 6. The van der Waals surface area contributed by atoms with Crippen LogP contribution in [0.3, 0.4) is 0 Å². The van der Waals surface area contributed by atoms with Gasteiger partial charge >= 0.3 is 0 Å². The number of benzene rings is 1. The molecule has 1 saturated heterocycles. The lowest BCUT2D eigenvalue weighted by atomic mass is 9.87. The number of likely N-dealkylation sites (tertiary alicyclic amines) is 1. The molecule has 2 heterocycles. The smallest absolute Gasteiger partial charge is 0.137 e. The fourth-order valence-electron chi connectivity index (χ4n) is 3.21. The van der Waals surface area contributed by atoms with Crippen LogP contribution in [0.4, 0.5) is 4.79 Å². The van der Waals surface area contributed by atoms with Crippen LogP contribution in [-0.4, -0.2) is 48.5 Å². The Balaban J connectivity index is 1.38. The maximum Gasteiger partial charge on any atom is 0.137 e. The Morgan fingerprint density at radius 2 is 2.07 bits per heavy atom. The number of carboxylic acid groups (broad SMARTS) is 1. The minimum Gasteiger partial charge on any atom is -0.530 e. The highest BCUT2D eigenvalue weighted by molar-refractivity contribution is 7.07. The third kappa shape index (κ3) is 5.69. The second-order valence-electron chi connectivity index (χ2n) is 6.63. The van der Waals surface area contributed by atoms with Crippen LogP contribution in [0.15, 0.2) is 41.1 Å². The molecule has 1 aromatic heterocycles. The summed E-state index contributed by atoms with van der Waals surface area (Å²) in [5.41, 5.74) is 2.19. The number of carbonyl (C=O) groups is 1. The zero-order valence-corrected chi connectivity index (χ0v) is 15.9. The van der Waals surface area contributed by atoms with E-state index in [9.17, 15) is 15.0 Å². The van der Waals surface area contributed by atoms with Crippen LogP contribution in [-0.2, 0) is 11.3 Å². The number of rotatable bonds is 8. The van der Waals surface area contributed by atoms with Crippen molar-refractivity contribution in [2.75, 3.05) is 26.3 Å². The van der Waals surface area contributed by atoms with Crippen molar-refractivity contribution >= 4 is 17.4 Å². The highest BCUT2D eigenvalue weighted by Crippen LogP contribution is 2.29. The first-order valence-corrected chi connectivity index (χ1v) is 10.0. The predicted octanol–water partition coefficient (Wildman–Crippen LogP) is 2.23. The molecule has 6 nitrogen and oxygen atoms in total. The van der Waals surface area contributed by atoms with Gasteiger partial charge in [-0.15, -0.1) is 0 Å². The highest BCUT2D eigenvalue weighted by atomic mass is 32.1. The number of aliphatic hydroxyl groups excluding tert-OH is 1. The Bertz CT molecular complexity index is 704. The lowest BCUT2D eigenvalue weighted by Gasteiger charge is -2.37. The molecule has 146 valence electrons. The molecular weight excluding hydrogens is 366 g/mol. The van der Waals surface area contributed by atoms with E-state index in [1.54, 1.807) is 11.3 Å². The molecule has 7 heteroatoms. The van der Waals surface area contributed by atoms with Gasteiger partial charge in [-0.1, -0.05) is 12.1 Å². The molecule has 27 heavy (non-hydrogen) atoms. The second-order valence-corrected chi connectivity index (χ2v) is 7.41. The van der Waals surface area contributed by atoms with Crippen LogP contribution in [0, 0.1) is 0 Å². The first-order chi connectivity index (χ1) is 13.1. The van der Waals surface area contributed by atoms with Crippen molar-refractivity contribution in [3.05, 3.63) is 52.2 Å². The monoisotopic (exact) mass is 390 g/mol. The van der Waals surface area contributed by atoms with Crippen LogP contribution in [0.5, 0.6) is 5.75 Å². The summed E-state index contributed by atoms with van der Waals surface area (Å²) in [5.74, 6) is 0.707. The summed E-state index contributed by atoms with van der Waals surface area (Å²) in [6.07, 6.45) is -0.553. The van der Waals surface area contributed by atoms with Gasteiger partial charge in [0.25, 0.3) is 0 Å². The maximum absolute atomic E-state index is 10.9. The minimum absolute atomic E-state index is 0.0693. The summed E-state index contributed by atoms with van der Waals surface area (Å²) < 4.78 is 11.3. The molecule has 0 saturated carbocycles. The van der Waals surface area contributed by atoms with Gasteiger partial charge in [0, 0.05) is 25.4 Å². The van der Waals surface area contributed by atoms with Gasteiger partial charge in [0.15, 0.2) is 0 Å². The van der Waals surface area contributed by atoms with Crippen molar-refractivity contribution in [1.82, 2.24) is 4.90 Å². The van der Waals surface area contributed by atoms with E-state index in [2.05, 4.69) is 11.4 Å². The van der Waals surface area contributed by atoms with Crippen LogP contribution in [0.2, 0.25) is 0 Å². The fourth-order valence-corrected chi connectivity index (χ4v) is 3.87. The van der Waals surface area contributed by atoms with Crippen molar-refractivity contribution in [2.24, 2.45) is 0 Å². The van der Waals surface area contributed by atoms with E-state index < -0.39 is 12.2 Å². The first-order valence-electron chi connectivity index (χ1n) is 9.09. The van der Waals surface area contributed by atoms with E-state index in [0.29, 0.717) is 32.8 Å². The standard InChI is InChI=1S/C20H25NO5S/c22-19-12-21(20(23)24)8-6-18(19)16-2-4-17(5-3-16)26-10-1-9-25-13-15-7-11-27-14-15/h2-5,7,11,14,18-19,22H,1,6,8-10,12-13H2,(H,23,24)/p-1. The highest BCUT2D eigenvalue weighted by Gasteiger charge is 2.28. The molecule has 0 radical (unpaired) electrons. The average Bonchev–Trinajstić information content (AvgIpc) is 3.18. The number of β-amino-alcohol motifs (C(OH)–C–C–N with tert-alkyl or cyclic N) is 1. The summed E-state index contributed by atoms with van der Waals surface area (Å²) in [4.78, 5) is 12.0. The molecule has 2 aromatic rings. The third-order valence-electron chi connectivity index (χ3n) is 4.70. The average molecular weight is 390 g/mol. The summed E-state index contributed by atoms with van der Waals surface area (Å²) >= 11 is 1.67. The molecule has 2 atom stereocenters. The molecule has 1 aliphatic rings. The van der Waals surface area contributed by atoms with E-state index in [0.717, 1.165) is 22.6 Å². The molecule has 1 aromatic carbocycles. The van der Waals surface area contributed by atoms with Gasteiger partial charge in [-0.3, -0.25) is 0 Å². The number of hydrogen-bond donors (Lipinski definition) is 1. The Morgan fingerprint density at radius 1 is 1.26 bits per heavy atom. The molecule has 1 amide bonds. The molecule has 2 unspecified atom stereocenters. The van der Waals surface area contributed by atoms with Gasteiger partial charge in [-0.05, 0) is 46.5 Å². The Hall–Kier alpha value is -2.09. The number of amides is 1. The van der Waals surface area contributed by atoms with E-state index in [1.807, 2.05) is 29.6 Å². The van der Waals surface area contributed by atoms with Gasteiger partial charge in [0.2, 0.25) is 0 Å². The van der Waals surface area contributed by atoms with Crippen molar-refractivity contribution in [3.8, 4) is 5.75 Å². The number of ether oxygens (including phenoxy) is 2. The van der Waals surface area contributed by atoms with Crippen molar-refractivity contribution in [3.63, 3.8) is 0 Å². The lowest BCUT2D eigenvalue weighted by molar-refractivity contribution is -0.268. The van der Waals surface area contributed by atoms with Crippen LogP contribution < -0.4 is 9.84 Å². The summed E-state index contributed by atoms with van der Waals surface area (Å²) in [6, 6.07) is 9.71. The normalized spacial score (nSPS) is 19.8. The number of aliphatic hydroxyl groups is 1. The molecule has 1 N–H and O–H groups in total. The van der Waals surface area contributed by atoms with Gasteiger partial charge in [-0.25, -0.2) is 0 Å². The Kier molecular flexibility index (Phi) is 7.09. The van der Waals surface area contributed by atoms with Crippen molar-refractivity contribution in [1.29, 1.82) is 0 Å². The topological polar surface area (TPSA) is 82.1 Å². The largest absolute Gasteiger partial charge is 0.530 e. The number of thiophene rings is 1. The molecule has 3 rings (SSSR count). The van der Waals surface area contributed by atoms with E-state index in [-0.39, 0.29) is 12.5 Å². The molecule has 1 aliphatic heterocycles. The van der Waals surface area contributed by atoms with Crippen molar-refractivity contribution in [2.45, 2.75) is 31.5 Å². The van der Waals surface area contributed by atoms with Gasteiger partial charge in [0.05, 0.1) is 25.9 Å². The number of piperidine rings is 1. The zero-order valence-electron chi connectivity index (χ0n) is 15.1. The number of nitrogens with zero attached hydrogens (tertiary/aromatic N) is 1. The number of carbonyl (C=O) groups excluding carboxylic acids is 1. The zero-order chi connectivity index (χ0) is 19.1. The molecule has 0 aliphatic carbocycles. The minimum atomic E-state index is -1.23. The fraction of sp³-hybridized carbons (Fsp3) is 0.450. The van der Waals surface area contributed by atoms with E-state index >= 15 is 0 Å². The van der Waals surface area contributed by atoms with Crippen LogP contribution in [0.25, 0.3) is 0 Å². The van der Waals surface area contributed by atoms with Gasteiger partial charge in [0.1, 0.15) is 11.8 Å². The summed E-state index contributed by atoms with van der Waals surface area (Å²) in [7, 11) is 0. The second kappa shape index (κ2) is 9.73. The molecular formula is C20H24NO5S-. The lowest BCUT2D eigenvalue weighted by Crippen LogP contribution is -2.50. The molecule has 0 spiro atoms. The van der Waals surface area contributed by atoms with E-state index in [4.69, 9.17) is 9.47 Å². The quantitative estimate of drug-likeness (QED) is 0.699. The Labute approximate surface area is 163 Å².